The predicted octanol–water partition coefficient (Wildman–Crippen LogP) is 2.05. The van der Waals surface area contributed by atoms with Crippen molar-refractivity contribution in [2.45, 2.75) is 12.6 Å². The fourth-order valence-electron chi connectivity index (χ4n) is 3.33. The summed E-state index contributed by atoms with van der Waals surface area (Å²) < 4.78 is 3.52. The van der Waals surface area contributed by atoms with Crippen molar-refractivity contribution in [3.63, 3.8) is 0 Å². The van der Waals surface area contributed by atoms with E-state index in [2.05, 4.69) is 10.3 Å². The molecule has 0 aliphatic heterocycles. The number of carbonyl (C=O) groups excluding carboxylic acids is 1. The number of carbonyl (C=O) groups is 1. The summed E-state index contributed by atoms with van der Waals surface area (Å²) in [4.78, 5) is 42.8. The first-order valence-electron chi connectivity index (χ1n) is 9.08. The number of fused-ring (bicyclic) bond motifs is 1. The Hall–Kier alpha value is -3.17. The number of nitrogens with one attached hydrogen (secondary N) is 1. The lowest BCUT2D eigenvalue weighted by molar-refractivity contribution is -0.122. The van der Waals surface area contributed by atoms with E-state index >= 15 is 0 Å². The molecule has 154 valence electrons. The predicted molar refractivity (Wildman–Crippen MR) is 116 cm³/mol. The summed E-state index contributed by atoms with van der Waals surface area (Å²) in [5.74, 6) is -0.339. The fourth-order valence-corrected chi connectivity index (χ4v) is 4.36. The van der Waals surface area contributed by atoms with Gasteiger partial charge >= 0.3 is 5.69 Å². The molecule has 0 saturated heterocycles. The Morgan fingerprint density at radius 3 is 2.53 bits per heavy atom. The molecular formula is C20H18ClN5O3S. The van der Waals surface area contributed by atoms with Crippen LogP contribution in [0.3, 0.4) is 0 Å². The lowest BCUT2D eigenvalue weighted by Crippen LogP contribution is -2.38. The van der Waals surface area contributed by atoms with Crippen LogP contribution in [0.25, 0.3) is 11.2 Å². The van der Waals surface area contributed by atoms with Crippen molar-refractivity contribution in [2.75, 3.05) is 0 Å². The molecule has 4 rings (SSSR count). The standard InChI is InChI=1S/C20H18ClN5O3S/c1-24-17-16(18(28)25(2)20(24)29)26(19(21)23-17)11-14(27)22-15(13-9-6-10-30-13)12-7-4-3-5-8-12/h3-10,15H,11H2,1-2H3,(H,22,27)/t15-/m1/s1. The van der Waals surface area contributed by atoms with Crippen LogP contribution in [-0.2, 0) is 25.4 Å². The highest BCUT2D eigenvalue weighted by Crippen LogP contribution is 2.26. The topological polar surface area (TPSA) is 90.9 Å². The van der Waals surface area contributed by atoms with Gasteiger partial charge in [-0.25, -0.2) is 4.79 Å². The van der Waals surface area contributed by atoms with Gasteiger partial charge < -0.3 is 5.32 Å². The Morgan fingerprint density at radius 1 is 1.13 bits per heavy atom. The summed E-state index contributed by atoms with van der Waals surface area (Å²) in [7, 11) is 2.87. The van der Waals surface area contributed by atoms with E-state index in [0.29, 0.717) is 0 Å². The molecule has 1 N–H and O–H groups in total. The molecule has 8 nitrogen and oxygen atoms in total. The van der Waals surface area contributed by atoms with Crippen LogP contribution >= 0.6 is 22.9 Å². The van der Waals surface area contributed by atoms with Gasteiger partial charge in [0.05, 0.1) is 6.04 Å². The number of aryl methyl sites for hydroxylation is 1. The molecule has 0 bridgehead atoms. The van der Waals surface area contributed by atoms with Gasteiger partial charge in [0.25, 0.3) is 5.56 Å². The maximum absolute atomic E-state index is 12.9. The van der Waals surface area contributed by atoms with E-state index < -0.39 is 11.2 Å². The number of benzene rings is 1. The Bertz CT molecular complexity index is 1340. The minimum atomic E-state index is -0.557. The largest absolute Gasteiger partial charge is 0.343 e. The number of halogens is 1. The highest BCUT2D eigenvalue weighted by atomic mass is 35.5. The summed E-state index contributed by atoms with van der Waals surface area (Å²) in [6, 6.07) is 13.2. The number of aromatic nitrogens is 4. The maximum atomic E-state index is 12.9. The van der Waals surface area contributed by atoms with Crippen LogP contribution in [0.1, 0.15) is 16.5 Å². The number of hydrogen-bond donors (Lipinski definition) is 1. The van der Waals surface area contributed by atoms with Crippen LogP contribution in [0, 0.1) is 0 Å². The van der Waals surface area contributed by atoms with Crippen LogP contribution in [0.4, 0.5) is 0 Å². The number of amides is 1. The first-order valence-corrected chi connectivity index (χ1v) is 10.3. The number of imidazole rings is 1. The van der Waals surface area contributed by atoms with Crippen molar-refractivity contribution in [3.8, 4) is 0 Å². The Kier molecular flexibility index (Phi) is 5.31. The number of hydrogen-bond acceptors (Lipinski definition) is 5. The summed E-state index contributed by atoms with van der Waals surface area (Å²) in [5, 5.41) is 4.92. The van der Waals surface area contributed by atoms with E-state index in [1.165, 1.54) is 34.6 Å². The summed E-state index contributed by atoms with van der Waals surface area (Å²) >= 11 is 7.76. The second-order valence-electron chi connectivity index (χ2n) is 6.77. The van der Waals surface area contributed by atoms with Crippen molar-refractivity contribution in [1.29, 1.82) is 0 Å². The average molecular weight is 444 g/mol. The lowest BCUT2D eigenvalue weighted by atomic mass is 10.1. The van der Waals surface area contributed by atoms with Crippen LogP contribution in [0.2, 0.25) is 5.28 Å². The summed E-state index contributed by atoms with van der Waals surface area (Å²) in [6.45, 7) is -0.211. The molecule has 0 fully saturated rings. The monoisotopic (exact) mass is 443 g/mol. The fraction of sp³-hybridized carbons (Fsp3) is 0.200. The van der Waals surface area contributed by atoms with Crippen LogP contribution in [0.15, 0.2) is 57.4 Å². The summed E-state index contributed by atoms with van der Waals surface area (Å²) in [5.41, 5.74) is 0.109. The quantitative estimate of drug-likeness (QED) is 0.478. The second kappa shape index (κ2) is 7.92. The average Bonchev–Trinajstić information content (AvgIpc) is 3.38. The molecule has 0 unspecified atom stereocenters. The Balaban J connectivity index is 1.70. The third-order valence-electron chi connectivity index (χ3n) is 4.87. The van der Waals surface area contributed by atoms with Crippen molar-refractivity contribution >= 4 is 40.0 Å². The molecule has 0 aliphatic carbocycles. The van der Waals surface area contributed by atoms with Crippen molar-refractivity contribution in [2.24, 2.45) is 14.1 Å². The van der Waals surface area contributed by atoms with E-state index in [4.69, 9.17) is 11.6 Å². The minimum Gasteiger partial charge on any atom is -0.343 e. The minimum absolute atomic E-state index is 0.0363. The molecule has 3 heterocycles. The smallest absolute Gasteiger partial charge is 0.332 e. The third kappa shape index (κ3) is 3.46. The van der Waals surface area contributed by atoms with Gasteiger partial charge in [0.1, 0.15) is 6.54 Å². The van der Waals surface area contributed by atoms with Crippen LogP contribution in [-0.4, -0.2) is 24.6 Å². The van der Waals surface area contributed by atoms with E-state index in [-0.39, 0.29) is 34.9 Å². The van der Waals surface area contributed by atoms with E-state index in [9.17, 15) is 14.4 Å². The normalized spacial score (nSPS) is 12.2. The SMILES string of the molecule is Cn1c(=O)c2c(nc(Cl)n2CC(=O)N[C@H](c2ccccc2)c2cccs2)n(C)c1=O. The number of nitrogens with zero attached hydrogens (tertiary/aromatic N) is 4. The first kappa shape index (κ1) is 20.1. The maximum Gasteiger partial charge on any atom is 0.332 e. The van der Waals surface area contributed by atoms with E-state index in [0.717, 1.165) is 15.0 Å². The van der Waals surface area contributed by atoms with Gasteiger partial charge in [-0.15, -0.1) is 11.3 Å². The van der Waals surface area contributed by atoms with Gasteiger partial charge in [-0.05, 0) is 28.6 Å². The van der Waals surface area contributed by atoms with Crippen molar-refractivity contribution < 1.29 is 4.79 Å². The summed E-state index contributed by atoms with van der Waals surface area (Å²) in [6.07, 6.45) is 0. The Labute approximate surface area is 180 Å². The molecule has 4 aromatic rings. The van der Waals surface area contributed by atoms with Gasteiger partial charge in [0, 0.05) is 19.0 Å². The lowest BCUT2D eigenvalue weighted by Gasteiger charge is -2.18. The molecule has 3 aromatic heterocycles. The molecule has 0 spiro atoms. The molecule has 10 heteroatoms. The van der Waals surface area contributed by atoms with Gasteiger partial charge in [-0.2, -0.15) is 4.98 Å². The van der Waals surface area contributed by atoms with Gasteiger partial charge in [0.15, 0.2) is 11.2 Å². The molecule has 0 aliphatic rings. The third-order valence-corrected chi connectivity index (χ3v) is 6.09. The van der Waals surface area contributed by atoms with Crippen molar-refractivity contribution in [3.05, 3.63) is 84.4 Å². The molecule has 0 radical (unpaired) electrons. The zero-order valence-corrected chi connectivity index (χ0v) is 17.8. The zero-order valence-electron chi connectivity index (χ0n) is 16.2. The number of thiophene rings is 1. The van der Waals surface area contributed by atoms with Crippen molar-refractivity contribution in [1.82, 2.24) is 24.0 Å². The Morgan fingerprint density at radius 2 is 1.87 bits per heavy atom. The molecule has 1 aromatic carbocycles. The van der Waals surface area contributed by atoms with Gasteiger partial charge in [-0.1, -0.05) is 36.4 Å². The van der Waals surface area contributed by atoms with Crippen LogP contribution < -0.4 is 16.6 Å². The highest BCUT2D eigenvalue weighted by Gasteiger charge is 2.22. The number of rotatable bonds is 5. The van der Waals surface area contributed by atoms with E-state index in [1.54, 1.807) is 0 Å². The van der Waals surface area contributed by atoms with Gasteiger partial charge in [0.2, 0.25) is 11.2 Å². The first-order chi connectivity index (χ1) is 14.4. The van der Waals surface area contributed by atoms with E-state index in [1.807, 2.05) is 47.8 Å². The molecule has 0 saturated carbocycles. The molecule has 1 amide bonds. The molecular weight excluding hydrogens is 426 g/mol. The highest BCUT2D eigenvalue weighted by molar-refractivity contribution is 7.10. The zero-order chi connectivity index (χ0) is 21.4. The van der Waals surface area contributed by atoms with Crippen LogP contribution in [0.5, 0.6) is 0 Å². The molecule has 30 heavy (non-hydrogen) atoms. The molecule has 1 atom stereocenters. The second-order valence-corrected chi connectivity index (χ2v) is 8.09. The van der Waals surface area contributed by atoms with Gasteiger partial charge in [-0.3, -0.25) is 23.3 Å².